The number of nitrogens with one attached hydrogen (secondary N) is 1. The second kappa shape index (κ2) is 5.66. The second-order valence-electron chi connectivity index (χ2n) is 5.79. The summed E-state index contributed by atoms with van der Waals surface area (Å²) in [5.74, 6) is 0.645. The van der Waals surface area contributed by atoms with Crippen LogP contribution in [0.1, 0.15) is 29.2 Å². The Morgan fingerprint density at radius 1 is 1.17 bits per heavy atom. The molecule has 2 aromatic carbocycles. The van der Waals surface area contributed by atoms with Crippen molar-refractivity contribution in [2.24, 2.45) is 0 Å². The molecule has 0 bridgehead atoms. The molecule has 1 N–H and O–H groups in total. The van der Waals surface area contributed by atoms with E-state index in [0.717, 1.165) is 23.6 Å². The zero-order chi connectivity index (χ0) is 15.8. The minimum absolute atomic E-state index is 0.180. The number of anilines is 1. The molecule has 5 nitrogen and oxygen atoms in total. The average Bonchev–Trinajstić information content (AvgIpc) is 3.17. The Kier molecular flexibility index (Phi) is 3.50. The molecule has 3 aromatic rings. The van der Waals surface area contributed by atoms with Crippen LogP contribution < -0.4 is 5.32 Å². The first-order valence-electron chi connectivity index (χ1n) is 7.61. The molecule has 0 amide bonds. The number of halogens is 1. The Bertz CT molecular complexity index is 840. The number of rotatable bonds is 3. The summed E-state index contributed by atoms with van der Waals surface area (Å²) in [5.41, 5.74) is 4.60. The summed E-state index contributed by atoms with van der Waals surface area (Å²) in [6.45, 7) is 2.06. The van der Waals surface area contributed by atoms with E-state index in [1.165, 1.54) is 16.7 Å². The van der Waals surface area contributed by atoms with Crippen LogP contribution in [-0.4, -0.2) is 20.2 Å². The highest BCUT2D eigenvalue weighted by molar-refractivity contribution is 6.31. The lowest BCUT2D eigenvalue weighted by atomic mass is 10.1. The summed E-state index contributed by atoms with van der Waals surface area (Å²) in [7, 11) is 0. The molecule has 1 aliphatic rings. The molecule has 23 heavy (non-hydrogen) atoms. The predicted molar refractivity (Wildman–Crippen MR) is 90.0 cm³/mol. The zero-order valence-corrected chi connectivity index (χ0v) is 13.5. The number of nitrogens with zero attached hydrogens (tertiary/aromatic N) is 4. The molecule has 6 heteroatoms. The van der Waals surface area contributed by atoms with Crippen molar-refractivity contribution in [3.8, 4) is 5.69 Å². The van der Waals surface area contributed by atoms with Gasteiger partial charge in [0.25, 0.3) is 0 Å². The van der Waals surface area contributed by atoms with E-state index < -0.39 is 0 Å². The van der Waals surface area contributed by atoms with Crippen molar-refractivity contribution in [1.29, 1.82) is 0 Å². The van der Waals surface area contributed by atoms with Crippen LogP contribution in [0.2, 0.25) is 5.02 Å². The Labute approximate surface area is 139 Å². The van der Waals surface area contributed by atoms with Crippen LogP contribution in [0.3, 0.4) is 0 Å². The van der Waals surface area contributed by atoms with Gasteiger partial charge in [0.2, 0.25) is 5.95 Å². The van der Waals surface area contributed by atoms with Crippen LogP contribution in [0, 0.1) is 6.92 Å². The van der Waals surface area contributed by atoms with Crippen LogP contribution in [0.15, 0.2) is 42.5 Å². The average molecular weight is 326 g/mol. The molecule has 1 aromatic heterocycles. The van der Waals surface area contributed by atoms with Crippen LogP contribution in [0.5, 0.6) is 0 Å². The van der Waals surface area contributed by atoms with Crippen molar-refractivity contribution in [2.75, 3.05) is 5.32 Å². The fraction of sp³-hybridized carbons (Fsp3) is 0.235. The van der Waals surface area contributed by atoms with E-state index in [1.807, 2.05) is 36.4 Å². The third-order valence-corrected chi connectivity index (χ3v) is 4.62. The van der Waals surface area contributed by atoms with Gasteiger partial charge in [-0.15, -0.1) is 0 Å². The minimum atomic E-state index is 0.180. The number of hydrogen-bond acceptors (Lipinski definition) is 4. The van der Waals surface area contributed by atoms with Crippen LogP contribution in [0.4, 0.5) is 5.95 Å². The number of benzene rings is 2. The first-order valence-corrected chi connectivity index (χ1v) is 7.99. The number of aryl methyl sites for hydroxylation is 1. The van der Waals surface area contributed by atoms with Gasteiger partial charge in [-0.25, -0.2) is 0 Å². The standard InChI is InChI=1S/C17H16ClN5/c1-11-5-7-12(8-6-11)23-17(20-21-22-23)19-16-10-9-13-14(16)3-2-4-15(13)18/h2-8,16H,9-10H2,1H3,(H,19,20,22). The third-order valence-electron chi connectivity index (χ3n) is 4.26. The van der Waals surface area contributed by atoms with E-state index in [4.69, 9.17) is 11.6 Å². The molecule has 0 aliphatic heterocycles. The molecule has 1 aliphatic carbocycles. The van der Waals surface area contributed by atoms with Gasteiger partial charge in [-0.05, 0) is 59.5 Å². The summed E-state index contributed by atoms with van der Waals surface area (Å²) < 4.78 is 1.72. The van der Waals surface area contributed by atoms with Gasteiger partial charge in [0.15, 0.2) is 0 Å². The Morgan fingerprint density at radius 2 is 2.00 bits per heavy atom. The van der Waals surface area contributed by atoms with Gasteiger partial charge < -0.3 is 5.32 Å². The molecule has 1 atom stereocenters. The van der Waals surface area contributed by atoms with Crippen LogP contribution in [-0.2, 0) is 6.42 Å². The zero-order valence-electron chi connectivity index (χ0n) is 12.7. The van der Waals surface area contributed by atoms with Gasteiger partial charge in [-0.3, -0.25) is 0 Å². The number of tetrazole rings is 1. The predicted octanol–water partition coefficient (Wildman–Crippen LogP) is 3.72. The van der Waals surface area contributed by atoms with Crippen molar-refractivity contribution < 1.29 is 0 Å². The lowest BCUT2D eigenvalue weighted by Crippen LogP contribution is -2.12. The summed E-state index contributed by atoms with van der Waals surface area (Å²) in [6, 6.07) is 14.3. The van der Waals surface area contributed by atoms with Gasteiger partial charge in [0.1, 0.15) is 0 Å². The van der Waals surface area contributed by atoms with E-state index >= 15 is 0 Å². The summed E-state index contributed by atoms with van der Waals surface area (Å²) in [6.07, 6.45) is 1.96. The maximum atomic E-state index is 6.29. The monoisotopic (exact) mass is 325 g/mol. The van der Waals surface area contributed by atoms with Crippen molar-refractivity contribution in [1.82, 2.24) is 20.2 Å². The molecule has 0 saturated carbocycles. The molecule has 0 spiro atoms. The summed E-state index contributed by atoms with van der Waals surface area (Å²) in [4.78, 5) is 0. The quantitative estimate of drug-likeness (QED) is 0.797. The lowest BCUT2D eigenvalue weighted by Gasteiger charge is -2.15. The van der Waals surface area contributed by atoms with Crippen molar-refractivity contribution in [2.45, 2.75) is 25.8 Å². The normalized spacial score (nSPS) is 16.3. The SMILES string of the molecule is Cc1ccc(-n2nnnc2NC2CCc3c(Cl)cccc32)cc1. The second-order valence-corrected chi connectivity index (χ2v) is 6.20. The first kappa shape index (κ1) is 14.2. The molecule has 0 fully saturated rings. The van der Waals surface area contributed by atoms with Gasteiger partial charge in [0, 0.05) is 5.02 Å². The van der Waals surface area contributed by atoms with E-state index in [9.17, 15) is 0 Å². The van der Waals surface area contributed by atoms with Gasteiger partial charge in [0.05, 0.1) is 11.7 Å². The smallest absolute Gasteiger partial charge is 0.248 e. The molecule has 1 heterocycles. The third kappa shape index (κ3) is 2.57. The summed E-state index contributed by atoms with van der Waals surface area (Å²) in [5, 5.41) is 16.3. The highest BCUT2D eigenvalue weighted by Gasteiger charge is 2.25. The summed E-state index contributed by atoms with van der Waals surface area (Å²) >= 11 is 6.29. The number of hydrogen-bond donors (Lipinski definition) is 1. The largest absolute Gasteiger partial charge is 0.346 e. The number of aromatic nitrogens is 4. The van der Waals surface area contributed by atoms with Crippen molar-refractivity contribution in [3.05, 3.63) is 64.2 Å². The van der Waals surface area contributed by atoms with E-state index in [0.29, 0.717) is 5.95 Å². The van der Waals surface area contributed by atoms with Gasteiger partial charge in [-0.1, -0.05) is 46.5 Å². The minimum Gasteiger partial charge on any atom is -0.346 e. The van der Waals surface area contributed by atoms with Gasteiger partial charge in [-0.2, -0.15) is 4.68 Å². The maximum absolute atomic E-state index is 6.29. The van der Waals surface area contributed by atoms with Gasteiger partial charge >= 0.3 is 0 Å². The van der Waals surface area contributed by atoms with E-state index in [1.54, 1.807) is 4.68 Å². The molecule has 1 unspecified atom stereocenters. The Morgan fingerprint density at radius 3 is 2.83 bits per heavy atom. The van der Waals surface area contributed by atoms with Crippen LogP contribution in [0.25, 0.3) is 5.69 Å². The topological polar surface area (TPSA) is 55.6 Å². The van der Waals surface area contributed by atoms with Crippen molar-refractivity contribution in [3.63, 3.8) is 0 Å². The fourth-order valence-electron chi connectivity index (χ4n) is 3.05. The maximum Gasteiger partial charge on any atom is 0.248 e. The molecule has 0 radical (unpaired) electrons. The van der Waals surface area contributed by atoms with Crippen LogP contribution >= 0.6 is 11.6 Å². The van der Waals surface area contributed by atoms with E-state index in [-0.39, 0.29) is 6.04 Å². The molecule has 116 valence electrons. The molecule has 0 saturated heterocycles. The lowest BCUT2D eigenvalue weighted by molar-refractivity contribution is 0.737. The first-order chi connectivity index (χ1) is 11.2. The number of fused-ring (bicyclic) bond motifs is 1. The Hall–Kier alpha value is -2.40. The highest BCUT2D eigenvalue weighted by atomic mass is 35.5. The van der Waals surface area contributed by atoms with E-state index in [2.05, 4.69) is 33.8 Å². The molecule has 4 rings (SSSR count). The molecular weight excluding hydrogens is 310 g/mol. The van der Waals surface area contributed by atoms with Crippen molar-refractivity contribution >= 4 is 17.5 Å². The highest BCUT2D eigenvalue weighted by Crippen LogP contribution is 2.37. The molecular formula is C17H16ClN5. The fourth-order valence-corrected chi connectivity index (χ4v) is 3.33. The Balaban J connectivity index is 1.64.